The van der Waals surface area contributed by atoms with Crippen molar-refractivity contribution in [3.63, 3.8) is 0 Å². The number of aryl methyl sites for hydroxylation is 1. The first-order chi connectivity index (χ1) is 7.56. The maximum Gasteiger partial charge on any atom is 0.339 e. The van der Waals surface area contributed by atoms with Gasteiger partial charge in [-0.05, 0) is 24.5 Å². The second-order valence-corrected chi connectivity index (χ2v) is 3.83. The van der Waals surface area contributed by atoms with Gasteiger partial charge in [-0.15, -0.1) is 0 Å². The van der Waals surface area contributed by atoms with E-state index in [0.717, 1.165) is 0 Å². The van der Waals surface area contributed by atoms with Gasteiger partial charge in [0.1, 0.15) is 11.4 Å². The molecule has 0 aliphatic carbocycles. The van der Waals surface area contributed by atoms with Crippen LogP contribution < -0.4 is 5.32 Å². The third kappa shape index (κ3) is 2.93. The summed E-state index contributed by atoms with van der Waals surface area (Å²) >= 11 is 0. The van der Waals surface area contributed by atoms with Crippen LogP contribution in [-0.4, -0.2) is 34.3 Å². The van der Waals surface area contributed by atoms with Crippen molar-refractivity contribution in [1.82, 2.24) is 4.98 Å². The summed E-state index contributed by atoms with van der Waals surface area (Å²) in [5.41, 5.74) is 0.856. The highest BCUT2D eigenvalue weighted by molar-refractivity contribution is 5.94. The number of anilines is 1. The Morgan fingerprint density at radius 3 is 2.88 bits per heavy atom. The Bertz CT molecular complexity index is 379. The Balaban J connectivity index is 2.87. The predicted molar refractivity (Wildman–Crippen MR) is 60.7 cm³/mol. The number of aliphatic hydroxyl groups excluding tert-OH is 1. The molecule has 0 amide bonds. The van der Waals surface area contributed by atoms with E-state index >= 15 is 0 Å². The molecule has 1 rings (SSSR count). The Morgan fingerprint density at radius 2 is 2.31 bits per heavy atom. The van der Waals surface area contributed by atoms with E-state index in [0.29, 0.717) is 17.9 Å². The summed E-state index contributed by atoms with van der Waals surface area (Å²) in [5.74, 6) is -0.582. The van der Waals surface area contributed by atoms with Gasteiger partial charge in [0.05, 0.1) is 0 Å². The summed E-state index contributed by atoms with van der Waals surface area (Å²) < 4.78 is 0. The van der Waals surface area contributed by atoms with Crippen molar-refractivity contribution in [2.75, 3.05) is 18.5 Å². The van der Waals surface area contributed by atoms with Crippen molar-refractivity contribution in [3.05, 3.63) is 23.4 Å². The van der Waals surface area contributed by atoms with Crippen LogP contribution >= 0.6 is 0 Å². The number of aliphatic hydroxyl groups is 1. The SMILES string of the molecule is Cc1ccnc(NCC(C)CO)c1C(=O)O. The fourth-order valence-corrected chi connectivity index (χ4v) is 1.30. The lowest BCUT2D eigenvalue weighted by Gasteiger charge is -2.13. The highest BCUT2D eigenvalue weighted by Gasteiger charge is 2.14. The van der Waals surface area contributed by atoms with Gasteiger partial charge >= 0.3 is 5.97 Å². The van der Waals surface area contributed by atoms with Gasteiger partial charge in [0.25, 0.3) is 0 Å². The molecular formula is C11H16N2O3. The van der Waals surface area contributed by atoms with Crippen LogP contribution in [0.15, 0.2) is 12.3 Å². The molecule has 3 N–H and O–H groups in total. The number of nitrogens with one attached hydrogen (secondary N) is 1. The Kier molecular flexibility index (Phi) is 4.25. The van der Waals surface area contributed by atoms with Crippen molar-refractivity contribution >= 4 is 11.8 Å². The molecule has 1 aromatic heterocycles. The van der Waals surface area contributed by atoms with E-state index in [1.54, 1.807) is 19.2 Å². The molecule has 1 unspecified atom stereocenters. The fraction of sp³-hybridized carbons (Fsp3) is 0.455. The van der Waals surface area contributed by atoms with Gasteiger partial charge in [0.15, 0.2) is 0 Å². The van der Waals surface area contributed by atoms with Crippen molar-refractivity contribution in [2.24, 2.45) is 5.92 Å². The minimum atomic E-state index is -0.996. The Morgan fingerprint density at radius 1 is 1.62 bits per heavy atom. The van der Waals surface area contributed by atoms with E-state index in [2.05, 4.69) is 10.3 Å². The first-order valence-corrected chi connectivity index (χ1v) is 5.10. The molecule has 0 aliphatic rings. The molecule has 0 saturated heterocycles. The molecule has 0 fully saturated rings. The van der Waals surface area contributed by atoms with Gasteiger partial charge < -0.3 is 15.5 Å². The van der Waals surface area contributed by atoms with Gasteiger partial charge in [-0.25, -0.2) is 9.78 Å². The average Bonchev–Trinajstić information content (AvgIpc) is 2.25. The number of rotatable bonds is 5. The van der Waals surface area contributed by atoms with E-state index in [-0.39, 0.29) is 18.1 Å². The topological polar surface area (TPSA) is 82.5 Å². The molecule has 1 heterocycles. The lowest BCUT2D eigenvalue weighted by molar-refractivity contribution is 0.0697. The minimum absolute atomic E-state index is 0.0568. The van der Waals surface area contributed by atoms with Crippen LogP contribution in [0.25, 0.3) is 0 Å². The number of aromatic carboxylic acids is 1. The number of hydrogen-bond acceptors (Lipinski definition) is 4. The number of hydrogen-bond donors (Lipinski definition) is 3. The molecule has 0 saturated carbocycles. The molecule has 0 spiro atoms. The molecular weight excluding hydrogens is 208 g/mol. The summed E-state index contributed by atoms with van der Waals surface area (Å²) in [4.78, 5) is 15.0. The third-order valence-corrected chi connectivity index (χ3v) is 2.30. The highest BCUT2D eigenvalue weighted by atomic mass is 16.4. The van der Waals surface area contributed by atoms with Crippen molar-refractivity contribution in [3.8, 4) is 0 Å². The lowest BCUT2D eigenvalue weighted by atomic mass is 10.1. The Labute approximate surface area is 94.1 Å². The van der Waals surface area contributed by atoms with E-state index in [1.165, 1.54) is 0 Å². The molecule has 5 nitrogen and oxygen atoms in total. The van der Waals surface area contributed by atoms with Gasteiger partial charge in [-0.2, -0.15) is 0 Å². The maximum atomic E-state index is 11.0. The summed E-state index contributed by atoms with van der Waals surface area (Å²) in [7, 11) is 0. The standard InChI is InChI=1S/C11H16N2O3/c1-7(6-14)5-13-10-9(11(15)16)8(2)3-4-12-10/h3-4,7,14H,5-6H2,1-2H3,(H,12,13)(H,15,16). The second-order valence-electron chi connectivity index (χ2n) is 3.83. The zero-order chi connectivity index (χ0) is 12.1. The summed E-state index contributed by atoms with van der Waals surface area (Å²) in [6.45, 7) is 4.14. The molecule has 1 aromatic rings. The summed E-state index contributed by atoms with van der Waals surface area (Å²) in [6.07, 6.45) is 1.56. The zero-order valence-electron chi connectivity index (χ0n) is 9.40. The second kappa shape index (κ2) is 5.46. The summed E-state index contributed by atoms with van der Waals surface area (Å²) in [6, 6.07) is 1.66. The van der Waals surface area contributed by atoms with E-state index in [1.807, 2.05) is 6.92 Å². The number of aromatic nitrogens is 1. The monoisotopic (exact) mass is 224 g/mol. The normalized spacial score (nSPS) is 12.2. The number of pyridine rings is 1. The maximum absolute atomic E-state index is 11.0. The predicted octanol–water partition coefficient (Wildman–Crippen LogP) is 1.13. The Hall–Kier alpha value is -1.62. The summed E-state index contributed by atoms with van der Waals surface area (Å²) in [5, 5.41) is 20.8. The van der Waals surface area contributed by atoms with Crippen LogP contribution in [-0.2, 0) is 0 Å². The van der Waals surface area contributed by atoms with Crippen LogP contribution in [0.3, 0.4) is 0 Å². The molecule has 0 aromatic carbocycles. The molecule has 5 heteroatoms. The first-order valence-electron chi connectivity index (χ1n) is 5.10. The number of carbonyl (C=O) groups is 1. The van der Waals surface area contributed by atoms with Crippen LogP contribution in [0, 0.1) is 12.8 Å². The van der Waals surface area contributed by atoms with Crippen LogP contribution in [0.2, 0.25) is 0 Å². The van der Waals surface area contributed by atoms with Crippen molar-refractivity contribution in [1.29, 1.82) is 0 Å². The number of carboxylic acid groups (broad SMARTS) is 1. The third-order valence-electron chi connectivity index (χ3n) is 2.30. The van der Waals surface area contributed by atoms with Crippen LogP contribution in [0.1, 0.15) is 22.8 Å². The quantitative estimate of drug-likeness (QED) is 0.698. The lowest BCUT2D eigenvalue weighted by Crippen LogP contribution is -2.17. The van der Waals surface area contributed by atoms with Crippen LogP contribution in [0.4, 0.5) is 5.82 Å². The molecule has 1 atom stereocenters. The van der Waals surface area contributed by atoms with Crippen LogP contribution in [0.5, 0.6) is 0 Å². The van der Waals surface area contributed by atoms with E-state index in [9.17, 15) is 4.79 Å². The van der Waals surface area contributed by atoms with Gasteiger partial charge in [-0.1, -0.05) is 6.92 Å². The molecule has 0 aliphatic heterocycles. The zero-order valence-corrected chi connectivity index (χ0v) is 9.40. The smallest absolute Gasteiger partial charge is 0.339 e. The molecule has 88 valence electrons. The molecule has 16 heavy (non-hydrogen) atoms. The van der Waals surface area contributed by atoms with Crippen molar-refractivity contribution in [2.45, 2.75) is 13.8 Å². The minimum Gasteiger partial charge on any atom is -0.478 e. The fourth-order valence-electron chi connectivity index (χ4n) is 1.30. The molecule has 0 radical (unpaired) electrons. The number of nitrogens with zero attached hydrogens (tertiary/aromatic N) is 1. The highest BCUT2D eigenvalue weighted by Crippen LogP contribution is 2.16. The van der Waals surface area contributed by atoms with Gasteiger partial charge in [0, 0.05) is 19.3 Å². The van der Waals surface area contributed by atoms with Crippen molar-refractivity contribution < 1.29 is 15.0 Å². The molecule has 0 bridgehead atoms. The largest absolute Gasteiger partial charge is 0.478 e. The first kappa shape index (κ1) is 12.4. The average molecular weight is 224 g/mol. The van der Waals surface area contributed by atoms with Gasteiger partial charge in [0.2, 0.25) is 0 Å². The number of carboxylic acids is 1. The van der Waals surface area contributed by atoms with E-state index in [4.69, 9.17) is 10.2 Å². The van der Waals surface area contributed by atoms with Gasteiger partial charge in [-0.3, -0.25) is 0 Å². The van der Waals surface area contributed by atoms with E-state index < -0.39 is 5.97 Å².